The van der Waals surface area contributed by atoms with Gasteiger partial charge in [0.1, 0.15) is 18.2 Å². The molecule has 1 fully saturated rings. The normalized spacial score (nSPS) is 15.8. The summed E-state index contributed by atoms with van der Waals surface area (Å²) in [5.74, 6) is -0.290. The number of carboxylic acid groups (broad SMARTS) is 1. The van der Waals surface area contributed by atoms with Crippen molar-refractivity contribution in [3.05, 3.63) is 95.3 Å². The molecule has 1 aliphatic rings. The first-order valence-electron chi connectivity index (χ1n) is 10.6. The standard InChI is InChI=1S/C26H26FNO3/c27-25-6-2-1-4-21(25)18-31-24-13-9-20(10-14-24)16-19-7-11-22(12-8-19)28-15-3-5-23(28)17-26(29)30/h1-2,4,6-14,23H,3,5,15-18H2,(H,29,30). The molecule has 4 rings (SSSR count). The van der Waals surface area contributed by atoms with Crippen LogP contribution >= 0.6 is 0 Å². The number of hydrogen-bond donors (Lipinski definition) is 1. The Morgan fingerprint density at radius 1 is 1.00 bits per heavy atom. The number of halogens is 1. The van der Waals surface area contributed by atoms with E-state index in [-0.39, 0.29) is 24.9 Å². The maximum Gasteiger partial charge on any atom is 0.305 e. The summed E-state index contributed by atoms with van der Waals surface area (Å²) in [6, 6.07) is 22.9. The molecule has 0 saturated carbocycles. The van der Waals surface area contributed by atoms with Gasteiger partial charge in [0.25, 0.3) is 0 Å². The smallest absolute Gasteiger partial charge is 0.305 e. The van der Waals surface area contributed by atoms with Crippen molar-refractivity contribution in [3.63, 3.8) is 0 Å². The zero-order valence-corrected chi connectivity index (χ0v) is 17.3. The van der Waals surface area contributed by atoms with E-state index in [0.717, 1.165) is 37.1 Å². The lowest BCUT2D eigenvalue weighted by molar-refractivity contribution is -0.137. The first-order valence-corrected chi connectivity index (χ1v) is 10.6. The summed E-state index contributed by atoms with van der Waals surface area (Å²) in [6.07, 6.45) is 2.95. The van der Waals surface area contributed by atoms with Gasteiger partial charge in [0.2, 0.25) is 0 Å². The molecule has 0 aliphatic carbocycles. The third-order valence-corrected chi connectivity index (χ3v) is 5.74. The molecule has 3 aromatic rings. The quantitative estimate of drug-likeness (QED) is 0.528. The number of rotatable bonds is 8. The third-order valence-electron chi connectivity index (χ3n) is 5.74. The molecule has 3 aromatic carbocycles. The van der Waals surface area contributed by atoms with Crippen LogP contribution in [0.5, 0.6) is 5.75 Å². The molecule has 4 nitrogen and oxygen atoms in total. The second-order valence-corrected chi connectivity index (χ2v) is 7.95. The lowest BCUT2D eigenvalue weighted by Gasteiger charge is -2.26. The Labute approximate surface area is 181 Å². The summed E-state index contributed by atoms with van der Waals surface area (Å²) in [5, 5.41) is 9.12. The van der Waals surface area contributed by atoms with Crippen LogP contribution in [0.15, 0.2) is 72.8 Å². The van der Waals surface area contributed by atoms with E-state index in [4.69, 9.17) is 9.84 Å². The van der Waals surface area contributed by atoms with E-state index in [0.29, 0.717) is 11.3 Å². The summed E-state index contributed by atoms with van der Waals surface area (Å²) >= 11 is 0. The number of aliphatic carboxylic acids is 1. The fraction of sp³-hybridized carbons (Fsp3) is 0.269. The highest BCUT2D eigenvalue weighted by Gasteiger charge is 2.26. The van der Waals surface area contributed by atoms with Gasteiger partial charge in [-0.05, 0) is 60.7 Å². The van der Waals surface area contributed by atoms with E-state index in [1.807, 2.05) is 24.3 Å². The van der Waals surface area contributed by atoms with Crippen molar-refractivity contribution in [1.29, 1.82) is 0 Å². The molecule has 1 heterocycles. The molecule has 1 N–H and O–H groups in total. The minimum Gasteiger partial charge on any atom is -0.489 e. The van der Waals surface area contributed by atoms with Crippen LogP contribution in [0.2, 0.25) is 0 Å². The van der Waals surface area contributed by atoms with Crippen molar-refractivity contribution in [2.24, 2.45) is 0 Å². The number of nitrogens with zero attached hydrogens (tertiary/aromatic N) is 1. The maximum absolute atomic E-state index is 13.7. The Balaban J connectivity index is 1.34. The zero-order valence-electron chi connectivity index (χ0n) is 17.3. The second-order valence-electron chi connectivity index (χ2n) is 7.95. The van der Waals surface area contributed by atoms with E-state index in [1.165, 1.54) is 11.6 Å². The number of carboxylic acids is 1. The van der Waals surface area contributed by atoms with Crippen molar-refractivity contribution in [2.75, 3.05) is 11.4 Å². The lowest BCUT2D eigenvalue weighted by Crippen LogP contribution is -2.31. The molecule has 0 bridgehead atoms. The first kappa shape index (κ1) is 20.9. The molecule has 0 spiro atoms. The molecule has 5 heteroatoms. The SMILES string of the molecule is O=C(O)CC1CCCN1c1ccc(Cc2ccc(OCc3ccccc3F)cc2)cc1. The van der Waals surface area contributed by atoms with Crippen molar-refractivity contribution in [1.82, 2.24) is 0 Å². The Bertz CT molecular complexity index is 1020. The predicted molar refractivity (Wildman–Crippen MR) is 119 cm³/mol. The fourth-order valence-corrected chi connectivity index (χ4v) is 4.11. The van der Waals surface area contributed by atoms with Gasteiger partial charge in [-0.15, -0.1) is 0 Å². The van der Waals surface area contributed by atoms with Gasteiger partial charge in [0.05, 0.1) is 6.42 Å². The summed E-state index contributed by atoms with van der Waals surface area (Å²) in [4.78, 5) is 13.3. The van der Waals surface area contributed by atoms with Gasteiger partial charge >= 0.3 is 5.97 Å². The van der Waals surface area contributed by atoms with Crippen molar-refractivity contribution >= 4 is 11.7 Å². The van der Waals surface area contributed by atoms with Crippen LogP contribution in [0.4, 0.5) is 10.1 Å². The number of anilines is 1. The molecule has 1 unspecified atom stereocenters. The monoisotopic (exact) mass is 419 g/mol. The van der Waals surface area contributed by atoms with Gasteiger partial charge in [-0.25, -0.2) is 4.39 Å². The molecule has 1 aliphatic heterocycles. The fourth-order valence-electron chi connectivity index (χ4n) is 4.11. The molecular weight excluding hydrogens is 393 g/mol. The Kier molecular flexibility index (Phi) is 6.51. The highest BCUT2D eigenvalue weighted by molar-refractivity contribution is 5.69. The molecule has 0 amide bonds. The van der Waals surface area contributed by atoms with Gasteiger partial charge in [-0.3, -0.25) is 4.79 Å². The van der Waals surface area contributed by atoms with Gasteiger partial charge < -0.3 is 14.7 Å². The number of ether oxygens (including phenoxy) is 1. The van der Waals surface area contributed by atoms with Crippen molar-refractivity contribution in [2.45, 2.75) is 38.3 Å². The number of carbonyl (C=O) groups is 1. The molecule has 0 aromatic heterocycles. The first-order chi connectivity index (χ1) is 15.1. The van der Waals surface area contributed by atoms with E-state index >= 15 is 0 Å². The Morgan fingerprint density at radius 2 is 1.68 bits per heavy atom. The van der Waals surface area contributed by atoms with Crippen LogP contribution in [-0.2, 0) is 17.8 Å². The highest BCUT2D eigenvalue weighted by atomic mass is 19.1. The van der Waals surface area contributed by atoms with E-state index < -0.39 is 5.97 Å². The summed E-state index contributed by atoms with van der Waals surface area (Å²) in [6.45, 7) is 1.11. The van der Waals surface area contributed by atoms with E-state index in [2.05, 4.69) is 29.2 Å². The van der Waals surface area contributed by atoms with Crippen LogP contribution in [0, 0.1) is 5.82 Å². The average Bonchev–Trinajstić information content (AvgIpc) is 3.22. The second kappa shape index (κ2) is 9.65. The van der Waals surface area contributed by atoms with Crippen molar-refractivity contribution < 1.29 is 19.0 Å². The van der Waals surface area contributed by atoms with E-state index in [1.54, 1.807) is 18.2 Å². The van der Waals surface area contributed by atoms with Gasteiger partial charge in [0.15, 0.2) is 0 Å². The number of benzene rings is 3. The minimum atomic E-state index is -0.741. The predicted octanol–water partition coefficient (Wildman–Crippen LogP) is 5.44. The molecule has 160 valence electrons. The zero-order chi connectivity index (χ0) is 21.6. The van der Waals surface area contributed by atoms with Crippen LogP contribution in [0.1, 0.15) is 36.0 Å². The largest absolute Gasteiger partial charge is 0.489 e. The summed E-state index contributed by atoms with van der Waals surface area (Å²) in [5.41, 5.74) is 3.98. The van der Waals surface area contributed by atoms with Gasteiger partial charge in [0, 0.05) is 23.8 Å². The summed E-state index contributed by atoms with van der Waals surface area (Å²) < 4.78 is 19.4. The third kappa shape index (κ3) is 5.43. The maximum atomic E-state index is 13.7. The van der Waals surface area contributed by atoms with Crippen molar-refractivity contribution in [3.8, 4) is 5.75 Å². The van der Waals surface area contributed by atoms with Crippen LogP contribution in [0.25, 0.3) is 0 Å². The van der Waals surface area contributed by atoms with Crippen LogP contribution in [0.3, 0.4) is 0 Å². The molecule has 1 saturated heterocycles. The molecule has 1 atom stereocenters. The summed E-state index contributed by atoms with van der Waals surface area (Å²) in [7, 11) is 0. The van der Waals surface area contributed by atoms with E-state index in [9.17, 15) is 9.18 Å². The van der Waals surface area contributed by atoms with Crippen LogP contribution < -0.4 is 9.64 Å². The van der Waals surface area contributed by atoms with Gasteiger partial charge in [-0.2, -0.15) is 0 Å². The topological polar surface area (TPSA) is 49.8 Å². The highest BCUT2D eigenvalue weighted by Crippen LogP contribution is 2.28. The molecular formula is C26H26FNO3. The molecule has 31 heavy (non-hydrogen) atoms. The Hall–Kier alpha value is -3.34. The number of hydrogen-bond acceptors (Lipinski definition) is 3. The molecule has 0 radical (unpaired) electrons. The lowest BCUT2D eigenvalue weighted by atomic mass is 10.0. The van der Waals surface area contributed by atoms with Gasteiger partial charge in [-0.1, -0.05) is 42.5 Å². The Morgan fingerprint density at radius 3 is 2.35 bits per heavy atom. The van der Waals surface area contributed by atoms with Crippen LogP contribution in [-0.4, -0.2) is 23.7 Å². The minimum absolute atomic E-state index is 0.0836. The average molecular weight is 419 g/mol.